The Morgan fingerprint density at radius 2 is 1.66 bits per heavy atom. The van der Waals surface area contributed by atoms with E-state index in [-0.39, 0.29) is 11.4 Å². The number of alkyl halides is 3. The number of carboxylic acids is 1. The van der Waals surface area contributed by atoms with Crippen LogP contribution in [0.1, 0.15) is 38.8 Å². The van der Waals surface area contributed by atoms with E-state index in [2.05, 4.69) is 10.3 Å². The van der Waals surface area contributed by atoms with Crippen LogP contribution in [0, 0.1) is 23.0 Å². The molecule has 0 fully saturated rings. The maximum Gasteiger partial charge on any atom is 0.408 e. The van der Waals surface area contributed by atoms with E-state index >= 15 is 0 Å². The van der Waals surface area contributed by atoms with Gasteiger partial charge in [0.25, 0.3) is 11.8 Å². The number of carbonyl (C=O) groups is 3. The van der Waals surface area contributed by atoms with Crippen LogP contribution in [0.25, 0.3) is 22.0 Å². The minimum atomic E-state index is -4.81. The second-order valence-electron chi connectivity index (χ2n) is 9.60. The molecule has 0 aliphatic heterocycles. The van der Waals surface area contributed by atoms with Gasteiger partial charge in [0.15, 0.2) is 0 Å². The number of fused-ring (bicyclic) bond motifs is 1. The van der Waals surface area contributed by atoms with Gasteiger partial charge in [-0.1, -0.05) is 35.9 Å². The van der Waals surface area contributed by atoms with Crippen LogP contribution in [-0.2, 0) is 11.2 Å². The fourth-order valence-corrected chi connectivity index (χ4v) is 4.65. The van der Waals surface area contributed by atoms with Gasteiger partial charge in [-0.3, -0.25) is 14.6 Å². The highest BCUT2D eigenvalue weighted by molar-refractivity contribution is 6.33. The van der Waals surface area contributed by atoms with Crippen LogP contribution in [0.2, 0.25) is 5.02 Å². The minimum Gasteiger partial charge on any atom is -0.480 e. The van der Waals surface area contributed by atoms with Crippen molar-refractivity contribution in [1.82, 2.24) is 15.6 Å². The molecule has 44 heavy (non-hydrogen) atoms. The van der Waals surface area contributed by atoms with Gasteiger partial charge in [-0.2, -0.15) is 18.4 Å². The van der Waals surface area contributed by atoms with Gasteiger partial charge in [-0.05, 0) is 42.8 Å². The van der Waals surface area contributed by atoms with Gasteiger partial charge in [0.2, 0.25) is 0 Å². The summed E-state index contributed by atoms with van der Waals surface area (Å²) >= 11 is 6.38. The van der Waals surface area contributed by atoms with Crippen molar-refractivity contribution in [2.24, 2.45) is 0 Å². The summed E-state index contributed by atoms with van der Waals surface area (Å²) in [5.41, 5.74) is 0.263. The lowest BCUT2D eigenvalue weighted by molar-refractivity contribution is -0.149. The first-order valence-electron chi connectivity index (χ1n) is 12.7. The predicted octanol–water partition coefficient (Wildman–Crippen LogP) is 5.81. The molecule has 0 aliphatic carbocycles. The number of nitrogens with zero attached hydrogens (tertiary/aromatic N) is 2. The van der Waals surface area contributed by atoms with Gasteiger partial charge in [0, 0.05) is 39.7 Å². The van der Waals surface area contributed by atoms with Crippen LogP contribution >= 0.6 is 11.6 Å². The molecule has 3 N–H and O–H groups in total. The number of benzene rings is 3. The lowest BCUT2D eigenvalue weighted by Crippen LogP contribution is -2.43. The van der Waals surface area contributed by atoms with Crippen molar-refractivity contribution in [3.63, 3.8) is 0 Å². The SMILES string of the molecule is C[C@H](NC(=O)c1cc(F)c(C(=O)N[C@@H](Cc2ccc(-c3ccc(C#N)cc3Cl)c3ncccc23)C(=O)O)c(F)c1)C(F)(F)F. The molecule has 1 aromatic heterocycles. The van der Waals surface area contributed by atoms with Gasteiger partial charge in [-0.25, -0.2) is 13.6 Å². The van der Waals surface area contributed by atoms with Gasteiger partial charge in [0.05, 0.1) is 17.1 Å². The molecular weight excluding hydrogens is 611 g/mol. The lowest BCUT2D eigenvalue weighted by Gasteiger charge is -2.18. The van der Waals surface area contributed by atoms with Crippen LogP contribution in [-0.4, -0.2) is 46.1 Å². The van der Waals surface area contributed by atoms with Gasteiger partial charge >= 0.3 is 12.1 Å². The zero-order chi connectivity index (χ0) is 32.3. The molecule has 4 rings (SSSR count). The van der Waals surface area contributed by atoms with Crippen molar-refractivity contribution in [2.75, 3.05) is 0 Å². The Hall–Kier alpha value is -5.09. The monoisotopic (exact) mass is 630 g/mol. The number of carbonyl (C=O) groups excluding carboxylic acids is 2. The molecule has 1 heterocycles. The van der Waals surface area contributed by atoms with E-state index in [1.54, 1.807) is 41.7 Å². The number of halogens is 6. The van der Waals surface area contributed by atoms with Gasteiger partial charge < -0.3 is 15.7 Å². The molecule has 0 spiro atoms. The summed E-state index contributed by atoms with van der Waals surface area (Å²) in [6, 6.07) is 9.87. The largest absolute Gasteiger partial charge is 0.480 e. The van der Waals surface area contributed by atoms with E-state index in [9.17, 15) is 41.4 Å². The summed E-state index contributed by atoms with van der Waals surface area (Å²) in [4.78, 5) is 41.4. The van der Waals surface area contributed by atoms with Gasteiger partial charge in [0.1, 0.15) is 29.3 Å². The highest BCUT2D eigenvalue weighted by Crippen LogP contribution is 2.35. The van der Waals surface area contributed by atoms with E-state index in [1.807, 2.05) is 6.07 Å². The first kappa shape index (κ1) is 31.8. The number of hydrogen-bond acceptors (Lipinski definition) is 5. The van der Waals surface area contributed by atoms with Crippen LogP contribution < -0.4 is 10.6 Å². The summed E-state index contributed by atoms with van der Waals surface area (Å²) in [6.45, 7) is 0.632. The second kappa shape index (κ2) is 12.6. The molecule has 226 valence electrons. The molecule has 8 nitrogen and oxygen atoms in total. The van der Waals surface area contributed by atoms with E-state index in [4.69, 9.17) is 16.9 Å². The van der Waals surface area contributed by atoms with Gasteiger partial charge in [-0.15, -0.1) is 0 Å². The number of hydrogen-bond donors (Lipinski definition) is 3. The number of pyridine rings is 1. The van der Waals surface area contributed by atoms with E-state index in [1.165, 1.54) is 12.3 Å². The molecule has 4 aromatic rings. The standard InChI is InChI=1S/C30H20ClF5N4O4/c1-14(30(34,35)36)39-27(41)17-10-22(32)25(23(33)11-17)28(42)40-24(29(43)44)12-16-5-7-20(26-18(16)3-2-8-38-26)19-6-4-15(13-37)9-21(19)31/h2-11,14,24H,12H2,1H3,(H,39,41)(H,40,42)(H,43,44)/t14-,24-/m0/s1. The average molecular weight is 631 g/mol. The summed E-state index contributed by atoms with van der Waals surface area (Å²) in [5, 5.41) is 23.3. The summed E-state index contributed by atoms with van der Waals surface area (Å²) in [6.07, 6.45) is -3.65. The fraction of sp³-hybridized carbons (Fsp3) is 0.167. The zero-order valence-corrected chi connectivity index (χ0v) is 23.2. The van der Waals surface area contributed by atoms with E-state index in [0.717, 1.165) is 0 Å². The Bertz CT molecular complexity index is 1820. The normalized spacial score (nSPS) is 12.7. The number of nitriles is 1. The molecular formula is C30H20ClF5N4O4. The van der Waals surface area contributed by atoms with Crippen LogP contribution in [0.4, 0.5) is 22.0 Å². The number of aromatic nitrogens is 1. The maximum absolute atomic E-state index is 14.8. The summed E-state index contributed by atoms with van der Waals surface area (Å²) < 4.78 is 67.8. The van der Waals surface area contributed by atoms with Crippen LogP contribution in [0.5, 0.6) is 0 Å². The molecule has 14 heteroatoms. The van der Waals surface area contributed by atoms with Crippen molar-refractivity contribution in [2.45, 2.75) is 31.6 Å². The molecule has 3 aromatic carbocycles. The van der Waals surface area contributed by atoms with Crippen molar-refractivity contribution >= 4 is 40.3 Å². The third-order valence-electron chi connectivity index (χ3n) is 6.65. The van der Waals surface area contributed by atoms with Crippen molar-refractivity contribution in [1.29, 1.82) is 5.26 Å². The maximum atomic E-state index is 14.8. The Morgan fingerprint density at radius 3 is 2.25 bits per heavy atom. The lowest BCUT2D eigenvalue weighted by atomic mass is 9.94. The first-order chi connectivity index (χ1) is 20.7. The van der Waals surface area contributed by atoms with Crippen LogP contribution in [0.15, 0.2) is 60.8 Å². The van der Waals surface area contributed by atoms with E-state index < -0.39 is 58.8 Å². The summed E-state index contributed by atoms with van der Waals surface area (Å²) in [5.74, 6) is -7.61. The third-order valence-corrected chi connectivity index (χ3v) is 6.96. The molecule has 0 saturated carbocycles. The number of amides is 2. The smallest absolute Gasteiger partial charge is 0.408 e. The Balaban J connectivity index is 1.61. The molecule has 2 atom stereocenters. The number of aliphatic carboxylic acids is 1. The van der Waals surface area contributed by atoms with Crippen molar-refractivity contribution in [3.05, 3.63) is 99.7 Å². The highest BCUT2D eigenvalue weighted by Gasteiger charge is 2.37. The van der Waals surface area contributed by atoms with E-state index in [0.29, 0.717) is 52.2 Å². The molecule has 0 radical (unpaired) electrons. The van der Waals surface area contributed by atoms with Crippen LogP contribution in [0.3, 0.4) is 0 Å². The molecule has 0 bridgehead atoms. The van der Waals surface area contributed by atoms with Crippen molar-refractivity contribution < 1.29 is 41.4 Å². The molecule has 0 saturated heterocycles. The Morgan fingerprint density at radius 1 is 1.00 bits per heavy atom. The quantitative estimate of drug-likeness (QED) is 0.211. The third kappa shape index (κ3) is 6.76. The highest BCUT2D eigenvalue weighted by atomic mass is 35.5. The number of carboxylic acid groups (broad SMARTS) is 1. The molecule has 2 amide bonds. The Labute approximate surface area is 251 Å². The topological polar surface area (TPSA) is 132 Å². The minimum absolute atomic E-state index is 0.279. The number of nitrogens with one attached hydrogen (secondary N) is 2. The molecule has 0 unspecified atom stereocenters. The average Bonchev–Trinajstić information content (AvgIpc) is 2.96. The second-order valence-corrected chi connectivity index (χ2v) is 10.0. The first-order valence-corrected chi connectivity index (χ1v) is 13.1. The number of rotatable bonds is 8. The Kier molecular flexibility index (Phi) is 9.15. The predicted molar refractivity (Wildman–Crippen MR) is 149 cm³/mol. The fourth-order valence-electron chi connectivity index (χ4n) is 4.36. The van der Waals surface area contributed by atoms with Crippen molar-refractivity contribution in [3.8, 4) is 17.2 Å². The zero-order valence-electron chi connectivity index (χ0n) is 22.5. The summed E-state index contributed by atoms with van der Waals surface area (Å²) in [7, 11) is 0. The molecule has 0 aliphatic rings.